The molecule has 2 heterocycles. The molecule has 0 aliphatic carbocycles. The average molecular weight is 126 g/mol. The molecule has 2 saturated heterocycles. The molecular formula is C8H16N+. The molecule has 9 heavy (non-hydrogen) atoms. The Morgan fingerprint density at radius 3 is 1.78 bits per heavy atom. The van der Waals surface area contributed by atoms with E-state index in [1.165, 1.54) is 17.4 Å². The Labute approximate surface area is 57.3 Å². The van der Waals surface area contributed by atoms with E-state index in [1.807, 2.05) is 0 Å². The molecule has 0 amide bonds. The Morgan fingerprint density at radius 1 is 1.22 bits per heavy atom. The minimum atomic E-state index is 0.592. The summed E-state index contributed by atoms with van der Waals surface area (Å²) in [5, 5.41) is 0. The van der Waals surface area contributed by atoms with E-state index in [1.54, 1.807) is 0 Å². The van der Waals surface area contributed by atoms with E-state index in [4.69, 9.17) is 0 Å². The molecule has 2 fully saturated rings. The fourth-order valence-corrected chi connectivity index (χ4v) is 2.84. The molecule has 2 atom stereocenters. The SMILES string of the molecule is CC1(C)CC2(C)C[N+]12C. The van der Waals surface area contributed by atoms with Crippen molar-refractivity contribution in [3.8, 4) is 0 Å². The largest absolute Gasteiger partial charge is 0.307 e. The van der Waals surface area contributed by atoms with Crippen molar-refractivity contribution in [3.63, 3.8) is 0 Å². The van der Waals surface area contributed by atoms with Crippen molar-refractivity contribution in [1.29, 1.82) is 0 Å². The third-order valence-electron chi connectivity index (χ3n) is 3.89. The first-order valence-corrected chi connectivity index (χ1v) is 3.77. The van der Waals surface area contributed by atoms with Gasteiger partial charge in [-0.1, -0.05) is 0 Å². The van der Waals surface area contributed by atoms with Crippen molar-refractivity contribution in [2.75, 3.05) is 13.6 Å². The average Bonchev–Trinajstić information content (AvgIpc) is 2.04. The second-order valence-corrected chi connectivity index (χ2v) is 4.84. The first-order chi connectivity index (χ1) is 3.91. The minimum Gasteiger partial charge on any atom is -0.307 e. The zero-order valence-electron chi connectivity index (χ0n) is 6.86. The molecule has 2 unspecified atom stereocenters. The summed E-state index contributed by atoms with van der Waals surface area (Å²) in [6.07, 6.45) is 1.43. The smallest absolute Gasteiger partial charge is 0.152 e. The second kappa shape index (κ2) is 0.968. The van der Waals surface area contributed by atoms with Gasteiger partial charge in [-0.2, -0.15) is 0 Å². The van der Waals surface area contributed by atoms with Gasteiger partial charge >= 0.3 is 0 Å². The van der Waals surface area contributed by atoms with Crippen LogP contribution in [0.1, 0.15) is 27.2 Å². The highest BCUT2D eigenvalue weighted by atomic mass is 15.6. The molecule has 2 rings (SSSR count). The monoisotopic (exact) mass is 126 g/mol. The van der Waals surface area contributed by atoms with Crippen molar-refractivity contribution in [2.45, 2.75) is 38.3 Å². The fourth-order valence-electron chi connectivity index (χ4n) is 2.84. The maximum atomic E-state index is 2.40. The summed E-state index contributed by atoms with van der Waals surface area (Å²) in [5.74, 6) is 0. The van der Waals surface area contributed by atoms with Crippen LogP contribution in [0, 0.1) is 0 Å². The zero-order valence-corrected chi connectivity index (χ0v) is 6.86. The van der Waals surface area contributed by atoms with E-state index in [-0.39, 0.29) is 0 Å². The summed E-state index contributed by atoms with van der Waals surface area (Å²) in [6.45, 7) is 8.57. The van der Waals surface area contributed by atoms with E-state index in [2.05, 4.69) is 27.8 Å². The van der Waals surface area contributed by atoms with Gasteiger partial charge in [0.15, 0.2) is 5.54 Å². The first kappa shape index (κ1) is 5.72. The summed E-state index contributed by atoms with van der Waals surface area (Å²) in [6, 6.07) is 0. The lowest BCUT2D eigenvalue weighted by molar-refractivity contribution is -0.902. The van der Waals surface area contributed by atoms with Crippen LogP contribution in [-0.2, 0) is 0 Å². The van der Waals surface area contributed by atoms with E-state index < -0.39 is 0 Å². The maximum Gasteiger partial charge on any atom is 0.152 e. The molecule has 0 bridgehead atoms. The van der Waals surface area contributed by atoms with Gasteiger partial charge in [0, 0.05) is 0 Å². The number of rotatable bonds is 0. The van der Waals surface area contributed by atoms with Crippen LogP contribution in [0.2, 0.25) is 0 Å². The highest BCUT2D eigenvalue weighted by Crippen LogP contribution is 2.63. The molecule has 0 aromatic heterocycles. The predicted molar refractivity (Wildman–Crippen MR) is 38.2 cm³/mol. The topological polar surface area (TPSA) is 0 Å². The molecule has 1 nitrogen and oxygen atoms in total. The standard InChI is InChI=1S/C8H16N/c1-7(2)5-8(3)6-9(7,8)4/h5-6H2,1-4H3/q+1. The summed E-state index contributed by atoms with van der Waals surface area (Å²) >= 11 is 0. The van der Waals surface area contributed by atoms with Crippen LogP contribution in [-0.4, -0.2) is 29.2 Å². The highest BCUT2D eigenvalue weighted by Gasteiger charge is 2.80. The number of likely N-dealkylation sites (N-methyl/N-ethyl adjacent to an activating group) is 1. The van der Waals surface area contributed by atoms with Crippen LogP contribution in [0.15, 0.2) is 0 Å². The lowest BCUT2D eigenvalue weighted by atomic mass is 9.82. The van der Waals surface area contributed by atoms with Crippen LogP contribution < -0.4 is 0 Å². The Kier molecular flexibility index (Phi) is 0.615. The number of hydrogen-bond donors (Lipinski definition) is 0. The van der Waals surface area contributed by atoms with Gasteiger partial charge in [-0.25, -0.2) is 0 Å². The quantitative estimate of drug-likeness (QED) is 0.340. The van der Waals surface area contributed by atoms with E-state index in [9.17, 15) is 0 Å². The van der Waals surface area contributed by atoms with Gasteiger partial charge in [0.2, 0.25) is 0 Å². The molecule has 0 saturated carbocycles. The summed E-state index contributed by atoms with van der Waals surface area (Å²) < 4.78 is 1.33. The Bertz CT molecular complexity index is 173. The molecule has 0 aromatic carbocycles. The lowest BCUT2D eigenvalue weighted by Crippen LogP contribution is -2.60. The van der Waals surface area contributed by atoms with Gasteiger partial charge < -0.3 is 4.48 Å². The van der Waals surface area contributed by atoms with Crippen LogP contribution in [0.3, 0.4) is 0 Å². The normalized spacial score (nSPS) is 60.0. The van der Waals surface area contributed by atoms with Gasteiger partial charge in [0.05, 0.1) is 13.5 Å². The van der Waals surface area contributed by atoms with Crippen molar-refractivity contribution < 1.29 is 4.48 Å². The third-order valence-corrected chi connectivity index (χ3v) is 3.89. The number of fused-ring (bicyclic) bond motifs is 1. The molecule has 0 radical (unpaired) electrons. The van der Waals surface area contributed by atoms with Crippen LogP contribution in [0.25, 0.3) is 0 Å². The molecule has 0 aromatic rings. The highest BCUT2D eigenvalue weighted by molar-refractivity contribution is 5.08. The fraction of sp³-hybridized carbons (Fsp3) is 1.00. The van der Waals surface area contributed by atoms with Gasteiger partial charge in [0.25, 0.3) is 0 Å². The second-order valence-electron chi connectivity index (χ2n) is 4.84. The van der Waals surface area contributed by atoms with Gasteiger partial charge in [-0.15, -0.1) is 0 Å². The Morgan fingerprint density at radius 2 is 1.78 bits per heavy atom. The molecule has 2 aliphatic rings. The summed E-state index contributed by atoms with van der Waals surface area (Å²) in [4.78, 5) is 0. The van der Waals surface area contributed by atoms with Gasteiger partial charge in [0.1, 0.15) is 12.1 Å². The summed E-state index contributed by atoms with van der Waals surface area (Å²) in [5.41, 5.74) is 1.29. The molecule has 0 spiro atoms. The number of hydrogen-bond acceptors (Lipinski definition) is 0. The Balaban J connectivity index is 2.28. The Hall–Kier alpha value is -0.0400. The van der Waals surface area contributed by atoms with Gasteiger partial charge in [-0.05, 0) is 20.8 Å². The number of quaternary nitrogens is 1. The molecule has 0 N–H and O–H groups in total. The van der Waals surface area contributed by atoms with Gasteiger partial charge in [-0.3, -0.25) is 0 Å². The lowest BCUT2D eigenvalue weighted by Gasteiger charge is -2.46. The van der Waals surface area contributed by atoms with Crippen LogP contribution in [0.4, 0.5) is 0 Å². The van der Waals surface area contributed by atoms with E-state index in [0.717, 1.165) is 0 Å². The van der Waals surface area contributed by atoms with Crippen LogP contribution >= 0.6 is 0 Å². The number of nitrogens with zero attached hydrogens (tertiary/aromatic N) is 1. The zero-order chi connectivity index (χ0) is 6.91. The third kappa shape index (κ3) is 0.362. The van der Waals surface area contributed by atoms with Crippen molar-refractivity contribution >= 4 is 0 Å². The van der Waals surface area contributed by atoms with E-state index >= 15 is 0 Å². The molecule has 2 aliphatic heterocycles. The first-order valence-electron chi connectivity index (χ1n) is 3.77. The van der Waals surface area contributed by atoms with Crippen LogP contribution in [0.5, 0.6) is 0 Å². The van der Waals surface area contributed by atoms with E-state index in [0.29, 0.717) is 11.1 Å². The van der Waals surface area contributed by atoms with Crippen molar-refractivity contribution in [1.82, 2.24) is 0 Å². The minimum absolute atomic E-state index is 0.592. The molecular weight excluding hydrogens is 110 g/mol. The molecule has 1 heteroatoms. The van der Waals surface area contributed by atoms with Crippen molar-refractivity contribution in [2.24, 2.45) is 0 Å². The maximum absolute atomic E-state index is 2.40. The predicted octanol–water partition coefficient (Wildman–Crippen LogP) is 1.39. The molecule has 52 valence electrons. The van der Waals surface area contributed by atoms with Crippen molar-refractivity contribution in [3.05, 3.63) is 0 Å². The summed E-state index contributed by atoms with van der Waals surface area (Å²) in [7, 11) is 2.38.